The molecular formula is C11H19NO2S2. The normalized spacial score (nSPS) is 15.1. The summed E-state index contributed by atoms with van der Waals surface area (Å²) < 4.78 is 22.8. The molecule has 1 aromatic heterocycles. The van der Waals surface area contributed by atoms with Crippen LogP contribution in [-0.4, -0.2) is 26.5 Å². The van der Waals surface area contributed by atoms with E-state index in [0.717, 1.165) is 4.88 Å². The Balaban J connectivity index is 3.18. The molecule has 0 aliphatic carbocycles. The van der Waals surface area contributed by atoms with E-state index in [9.17, 15) is 8.42 Å². The summed E-state index contributed by atoms with van der Waals surface area (Å²) in [5.41, 5.74) is 0. The summed E-state index contributed by atoms with van der Waals surface area (Å²) in [7, 11) is -1.31. The van der Waals surface area contributed by atoms with Gasteiger partial charge in [0.1, 0.15) is 0 Å². The second-order valence-electron chi connectivity index (χ2n) is 4.55. The second kappa shape index (κ2) is 4.47. The monoisotopic (exact) mass is 261 g/mol. The van der Waals surface area contributed by atoms with Crippen molar-refractivity contribution < 1.29 is 8.42 Å². The van der Waals surface area contributed by atoms with Crippen LogP contribution < -0.4 is 5.32 Å². The Morgan fingerprint density at radius 1 is 1.38 bits per heavy atom. The van der Waals surface area contributed by atoms with Gasteiger partial charge in [-0.15, -0.1) is 11.3 Å². The van der Waals surface area contributed by atoms with Gasteiger partial charge >= 0.3 is 0 Å². The highest BCUT2D eigenvalue weighted by molar-refractivity contribution is 7.92. The van der Waals surface area contributed by atoms with Crippen LogP contribution in [0.25, 0.3) is 0 Å². The summed E-state index contributed by atoms with van der Waals surface area (Å²) in [6.07, 6.45) is 1.29. The van der Waals surface area contributed by atoms with Crippen LogP contribution in [0.3, 0.4) is 0 Å². The molecule has 0 saturated heterocycles. The zero-order valence-electron chi connectivity index (χ0n) is 10.4. The molecule has 0 spiro atoms. The minimum atomic E-state index is -3.11. The number of hydrogen-bond donors (Lipinski definition) is 1. The van der Waals surface area contributed by atoms with E-state index in [-0.39, 0.29) is 6.04 Å². The molecule has 5 heteroatoms. The van der Waals surface area contributed by atoms with Gasteiger partial charge in [-0.2, -0.15) is 0 Å². The van der Waals surface area contributed by atoms with Gasteiger partial charge in [-0.05, 0) is 40.0 Å². The van der Waals surface area contributed by atoms with Crippen molar-refractivity contribution in [2.24, 2.45) is 0 Å². The molecule has 1 heterocycles. The molecule has 0 amide bonds. The number of rotatable bonds is 4. The Morgan fingerprint density at radius 2 is 1.94 bits per heavy atom. The zero-order valence-corrected chi connectivity index (χ0v) is 12.0. The first-order valence-electron chi connectivity index (χ1n) is 5.13. The third-order valence-corrected chi connectivity index (χ3v) is 6.20. The van der Waals surface area contributed by atoms with Gasteiger partial charge in [-0.3, -0.25) is 0 Å². The quantitative estimate of drug-likeness (QED) is 0.903. The maximum Gasteiger partial charge on any atom is 0.154 e. The smallest absolute Gasteiger partial charge is 0.154 e. The highest BCUT2D eigenvalue weighted by Gasteiger charge is 2.39. The lowest BCUT2D eigenvalue weighted by Crippen LogP contribution is -2.43. The fourth-order valence-electron chi connectivity index (χ4n) is 1.66. The predicted octanol–water partition coefficient (Wildman–Crippen LogP) is 2.14. The Hall–Kier alpha value is -0.390. The Bertz CT molecular complexity index is 460. The molecule has 1 unspecified atom stereocenters. The maximum absolute atomic E-state index is 11.8. The minimum absolute atomic E-state index is 0.166. The summed E-state index contributed by atoms with van der Waals surface area (Å²) in [5.74, 6) is 0. The van der Waals surface area contributed by atoms with Crippen molar-refractivity contribution in [1.29, 1.82) is 0 Å². The largest absolute Gasteiger partial charge is 0.311 e. The standard InChI is InChI=1S/C11H19NO2S2/c1-8-6-7-9(15-8)10(12-4)11(2,3)16(5,13)14/h6-7,10,12H,1-5H3. The van der Waals surface area contributed by atoms with E-state index in [1.165, 1.54) is 11.1 Å². The van der Waals surface area contributed by atoms with Crippen molar-refractivity contribution in [3.8, 4) is 0 Å². The van der Waals surface area contributed by atoms with Gasteiger partial charge < -0.3 is 5.32 Å². The van der Waals surface area contributed by atoms with Crippen LogP contribution in [0.1, 0.15) is 29.6 Å². The van der Waals surface area contributed by atoms with E-state index < -0.39 is 14.6 Å². The SMILES string of the molecule is CNC(c1ccc(C)s1)C(C)(C)S(C)(=O)=O. The molecule has 0 aliphatic heterocycles. The van der Waals surface area contributed by atoms with E-state index in [2.05, 4.69) is 5.32 Å². The maximum atomic E-state index is 11.8. The van der Waals surface area contributed by atoms with Crippen LogP contribution in [-0.2, 0) is 9.84 Å². The number of sulfone groups is 1. The molecule has 92 valence electrons. The van der Waals surface area contributed by atoms with Crippen molar-refractivity contribution in [3.63, 3.8) is 0 Å². The van der Waals surface area contributed by atoms with Crippen molar-refractivity contribution in [3.05, 3.63) is 21.9 Å². The molecule has 1 N–H and O–H groups in total. The van der Waals surface area contributed by atoms with Crippen LogP contribution in [0.2, 0.25) is 0 Å². The topological polar surface area (TPSA) is 46.2 Å². The van der Waals surface area contributed by atoms with Gasteiger partial charge in [-0.1, -0.05) is 0 Å². The number of nitrogens with one attached hydrogen (secondary N) is 1. The van der Waals surface area contributed by atoms with Gasteiger partial charge in [-0.25, -0.2) is 8.42 Å². The summed E-state index contributed by atoms with van der Waals surface area (Å²) >= 11 is 1.64. The molecule has 1 atom stereocenters. The molecule has 3 nitrogen and oxygen atoms in total. The summed E-state index contributed by atoms with van der Waals surface area (Å²) in [4.78, 5) is 2.26. The average molecular weight is 261 g/mol. The van der Waals surface area contributed by atoms with Crippen LogP contribution in [0.5, 0.6) is 0 Å². The Kier molecular flexibility index (Phi) is 3.82. The predicted molar refractivity (Wildman–Crippen MR) is 69.8 cm³/mol. The van der Waals surface area contributed by atoms with Crippen molar-refractivity contribution >= 4 is 21.2 Å². The highest BCUT2D eigenvalue weighted by Crippen LogP contribution is 2.35. The molecule has 0 radical (unpaired) electrons. The van der Waals surface area contributed by atoms with Gasteiger partial charge in [0.05, 0.1) is 10.8 Å². The lowest BCUT2D eigenvalue weighted by molar-refractivity contribution is 0.451. The third kappa shape index (κ3) is 2.47. The third-order valence-electron chi connectivity index (χ3n) is 2.99. The van der Waals surface area contributed by atoms with Crippen LogP contribution in [0.4, 0.5) is 0 Å². The van der Waals surface area contributed by atoms with Crippen LogP contribution >= 0.6 is 11.3 Å². The molecule has 16 heavy (non-hydrogen) atoms. The Morgan fingerprint density at radius 3 is 2.25 bits per heavy atom. The fourth-order valence-corrected chi connectivity index (χ4v) is 3.58. The number of hydrogen-bond acceptors (Lipinski definition) is 4. The minimum Gasteiger partial charge on any atom is -0.311 e. The first-order chi connectivity index (χ1) is 7.20. The van der Waals surface area contributed by atoms with Crippen molar-refractivity contribution in [2.45, 2.75) is 31.6 Å². The second-order valence-corrected chi connectivity index (χ2v) is 8.46. The molecule has 1 rings (SSSR count). The van der Waals surface area contributed by atoms with E-state index in [1.807, 2.05) is 19.1 Å². The molecule has 0 saturated carbocycles. The molecule has 0 aromatic carbocycles. The van der Waals surface area contributed by atoms with Crippen LogP contribution in [0, 0.1) is 6.92 Å². The van der Waals surface area contributed by atoms with Crippen LogP contribution in [0.15, 0.2) is 12.1 Å². The molecule has 0 fully saturated rings. The van der Waals surface area contributed by atoms with Gasteiger partial charge in [0, 0.05) is 16.0 Å². The average Bonchev–Trinajstić information content (AvgIpc) is 2.50. The summed E-state index contributed by atoms with van der Waals surface area (Å²) in [6.45, 7) is 5.55. The van der Waals surface area contributed by atoms with E-state index in [1.54, 1.807) is 32.2 Å². The van der Waals surface area contributed by atoms with E-state index in [0.29, 0.717) is 0 Å². The molecule has 1 aromatic rings. The molecule has 0 bridgehead atoms. The van der Waals surface area contributed by atoms with Crippen molar-refractivity contribution in [2.75, 3.05) is 13.3 Å². The molecular weight excluding hydrogens is 242 g/mol. The summed E-state index contributed by atoms with van der Waals surface area (Å²) in [5, 5.41) is 3.11. The number of aryl methyl sites for hydroxylation is 1. The lowest BCUT2D eigenvalue weighted by Gasteiger charge is -2.31. The Labute approximate surface area is 102 Å². The van der Waals surface area contributed by atoms with E-state index >= 15 is 0 Å². The highest BCUT2D eigenvalue weighted by atomic mass is 32.2. The summed E-state index contributed by atoms with van der Waals surface area (Å²) in [6, 6.07) is 3.85. The van der Waals surface area contributed by atoms with Gasteiger partial charge in [0.15, 0.2) is 9.84 Å². The van der Waals surface area contributed by atoms with Gasteiger partial charge in [0.2, 0.25) is 0 Å². The zero-order chi connectivity index (χ0) is 12.6. The first-order valence-corrected chi connectivity index (χ1v) is 7.84. The van der Waals surface area contributed by atoms with Gasteiger partial charge in [0.25, 0.3) is 0 Å². The first kappa shape index (κ1) is 13.7. The van der Waals surface area contributed by atoms with E-state index in [4.69, 9.17) is 0 Å². The number of thiophene rings is 1. The lowest BCUT2D eigenvalue weighted by atomic mass is 10.0. The molecule has 0 aliphatic rings. The fraction of sp³-hybridized carbons (Fsp3) is 0.636. The van der Waals surface area contributed by atoms with Crippen molar-refractivity contribution in [1.82, 2.24) is 5.32 Å².